The van der Waals surface area contributed by atoms with E-state index < -0.39 is 0 Å². The minimum atomic E-state index is -0.363. The molecule has 1 aromatic carbocycles. The number of carbonyl (C=O) groups excluding carboxylic acids is 1. The van der Waals surface area contributed by atoms with E-state index in [-0.39, 0.29) is 18.1 Å². The van der Waals surface area contributed by atoms with Gasteiger partial charge in [-0.25, -0.2) is 0 Å². The lowest BCUT2D eigenvalue weighted by molar-refractivity contribution is -0.122. The standard InChI is InChI=1S/C18H27NO2/c1-2-3-6-15-7-9-16(10-8-15)13-17(21)19-18(14-20)11-4-5-12-18/h7-10,20H,2-6,11-14H2,1H3,(H,19,21). The lowest BCUT2D eigenvalue weighted by Gasteiger charge is -2.28. The van der Waals surface area contributed by atoms with E-state index in [0.717, 1.165) is 37.7 Å². The zero-order valence-electron chi connectivity index (χ0n) is 13.0. The second kappa shape index (κ2) is 7.60. The number of benzene rings is 1. The van der Waals surface area contributed by atoms with Crippen LogP contribution in [-0.2, 0) is 17.6 Å². The van der Waals surface area contributed by atoms with Gasteiger partial charge in [0.05, 0.1) is 18.6 Å². The first-order valence-corrected chi connectivity index (χ1v) is 8.17. The van der Waals surface area contributed by atoms with Gasteiger partial charge in [-0.3, -0.25) is 4.79 Å². The average Bonchev–Trinajstić information content (AvgIpc) is 2.95. The first kappa shape index (κ1) is 16.0. The van der Waals surface area contributed by atoms with E-state index in [0.29, 0.717) is 6.42 Å². The summed E-state index contributed by atoms with van der Waals surface area (Å²) in [6.07, 6.45) is 7.88. The number of hydrogen-bond acceptors (Lipinski definition) is 2. The molecule has 3 heteroatoms. The van der Waals surface area contributed by atoms with Crippen molar-refractivity contribution in [2.75, 3.05) is 6.61 Å². The molecule has 1 saturated carbocycles. The van der Waals surface area contributed by atoms with Gasteiger partial charge in [0.2, 0.25) is 5.91 Å². The Bertz CT molecular complexity index is 447. The highest BCUT2D eigenvalue weighted by Crippen LogP contribution is 2.29. The normalized spacial score (nSPS) is 16.9. The molecule has 1 aliphatic carbocycles. The van der Waals surface area contributed by atoms with Crippen LogP contribution in [0.3, 0.4) is 0 Å². The van der Waals surface area contributed by atoms with Crippen molar-refractivity contribution in [3.05, 3.63) is 35.4 Å². The van der Waals surface area contributed by atoms with Crippen LogP contribution in [0.1, 0.15) is 56.6 Å². The minimum absolute atomic E-state index is 0.0206. The number of carbonyl (C=O) groups is 1. The highest BCUT2D eigenvalue weighted by atomic mass is 16.3. The third kappa shape index (κ3) is 4.57. The molecule has 0 heterocycles. The summed E-state index contributed by atoms with van der Waals surface area (Å²) < 4.78 is 0. The summed E-state index contributed by atoms with van der Waals surface area (Å²) in [4.78, 5) is 12.2. The third-order valence-electron chi connectivity index (χ3n) is 4.47. The highest BCUT2D eigenvalue weighted by Gasteiger charge is 2.34. The van der Waals surface area contributed by atoms with Gasteiger partial charge in [0.15, 0.2) is 0 Å². The van der Waals surface area contributed by atoms with Crippen LogP contribution in [0.4, 0.5) is 0 Å². The van der Waals surface area contributed by atoms with Crippen molar-refractivity contribution in [3.8, 4) is 0 Å². The first-order chi connectivity index (χ1) is 10.2. The van der Waals surface area contributed by atoms with E-state index in [1.165, 1.54) is 18.4 Å². The largest absolute Gasteiger partial charge is 0.394 e. The predicted molar refractivity (Wildman–Crippen MR) is 85.2 cm³/mol. The van der Waals surface area contributed by atoms with Crippen LogP contribution in [0.5, 0.6) is 0 Å². The molecule has 2 rings (SSSR count). The van der Waals surface area contributed by atoms with Crippen molar-refractivity contribution in [1.82, 2.24) is 5.32 Å². The molecule has 0 unspecified atom stereocenters. The van der Waals surface area contributed by atoms with Gasteiger partial charge in [0.25, 0.3) is 0 Å². The number of aliphatic hydroxyl groups is 1. The summed E-state index contributed by atoms with van der Waals surface area (Å²) in [5.41, 5.74) is 2.01. The van der Waals surface area contributed by atoms with Gasteiger partial charge >= 0.3 is 0 Å². The van der Waals surface area contributed by atoms with Crippen LogP contribution in [0, 0.1) is 0 Å². The summed E-state index contributed by atoms with van der Waals surface area (Å²) in [5, 5.41) is 12.6. The van der Waals surface area contributed by atoms with Crippen molar-refractivity contribution in [3.63, 3.8) is 0 Å². The number of hydrogen-bond donors (Lipinski definition) is 2. The zero-order chi connectivity index (χ0) is 15.1. The van der Waals surface area contributed by atoms with Crippen LogP contribution < -0.4 is 5.32 Å². The van der Waals surface area contributed by atoms with E-state index in [4.69, 9.17) is 0 Å². The van der Waals surface area contributed by atoms with Crippen LogP contribution in [0.25, 0.3) is 0 Å². The number of amides is 1. The molecule has 116 valence electrons. The molecule has 2 N–H and O–H groups in total. The van der Waals surface area contributed by atoms with E-state index >= 15 is 0 Å². The molecule has 1 fully saturated rings. The molecule has 0 atom stereocenters. The Kier molecular flexibility index (Phi) is 5.80. The molecule has 3 nitrogen and oxygen atoms in total. The number of aliphatic hydroxyl groups excluding tert-OH is 1. The SMILES string of the molecule is CCCCc1ccc(CC(=O)NC2(CO)CCCC2)cc1. The van der Waals surface area contributed by atoms with Crippen molar-refractivity contribution in [1.29, 1.82) is 0 Å². The van der Waals surface area contributed by atoms with Gasteiger partial charge in [-0.1, -0.05) is 50.5 Å². The Morgan fingerprint density at radius 1 is 1.19 bits per heavy atom. The third-order valence-corrected chi connectivity index (χ3v) is 4.47. The monoisotopic (exact) mass is 289 g/mol. The van der Waals surface area contributed by atoms with Gasteiger partial charge in [-0.15, -0.1) is 0 Å². The van der Waals surface area contributed by atoms with Crippen LogP contribution in [-0.4, -0.2) is 23.2 Å². The number of rotatable bonds is 7. The highest BCUT2D eigenvalue weighted by molar-refractivity contribution is 5.79. The van der Waals surface area contributed by atoms with Gasteiger partial charge in [-0.2, -0.15) is 0 Å². The Hall–Kier alpha value is -1.35. The average molecular weight is 289 g/mol. The van der Waals surface area contributed by atoms with Gasteiger partial charge < -0.3 is 10.4 Å². The van der Waals surface area contributed by atoms with Crippen molar-refractivity contribution < 1.29 is 9.90 Å². The van der Waals surface area contributed by atoms with E-state index in [1.54, 1.807) is 0 Å². The smallest absolute Gasteiger partial charge is 0.224 e. The fourth-order valence-electron chi connectivity index (χ4n) is 3.10. The fourth-order valence-corrected chi connectivity index (χ4v) is 3.10. The summed E-state index contributed by atoms with van der Waals surface area (Å²) >= 11 is 0. The number of aryl methyl sites for hydroxylation is 1. The zero-order valence-corrected chi connectivity index (χ0v) is 13.0. The molecule has 0 saturated heterocycles. The lowest BCUT2D eigenvalue weighted by atomic mass is 9.98. The minimum Gasteiger partial charge on any atom is -0.394 e. The maximum atomic E-state index is 12.2. The van der Waals surface area contributed by atoms with Crippen molar-refractivity contribution >= 4 is 5.91 Å². The molecule has 0 radical (unpaired) electrons. The van der Waals surface area contributed by atoms with Crippen LogP contribution in [0.2, 0.25) is 0 Å². The molecule has 1 amide bonds. The number of nitrogens with one attached hydrogen (secondary N) is 1. The van der Waals surface area contributed by atoms with Crippen molar-refractivity contribution in [2.45, 2.75) is 63.8 Å². The maximum absolute atomic E-state index is 12.2. The maximum Gasteiger partial charge on any atom is 0.224 e. The van der Waals surface area contributed by atoms with E-state index in [2.05, 4.69) is 24.4 Å². The topological polar surface area (TPSA) is 49.3 Å². The van der Waals surface area contributed by atoms with Gasteiger partial charge in [-0.05, 0) is 36.8 Å². The summed E-state index contributed by atoms with van der Waals surface area (Å²) in [6, 6.07) is 8.33. The molecule has 1 aliphatic rings. The molecule has 0 aliphatic heterocycles. The predicted octanol–water partition coefficient (Wildman–Crippen LogP) is 2.99. The first-order valence-electron chi connectivity index (χ1n) is 8.17. The van der Waals surface area contributed by atoms with E-state index in [1.807, 2.05) is 12.1 Å². The van der Waals surface area contributed by atoms with Crippen molar-refractivity contribution in [2.24, 2.45) is 0 Å². The Morgan fingerprint density at radius 3 is 2.38 bits per heavy atom. The second-order valence-electron chi connectivity index (χ2n) is 6.29. The summed E-state index contributed by atoms with van der Waals surface area (Å²) in [7, 11) is 0. The molecule has 0 aromatic heterocycles. The second-order valence-corrected chi connectivity index (χ2v) is 6.29. The Balaban J connectivity index is 1.87. The lowest BCUT2D eigenvalue weighted by Crippen LogP contribution is -2.49. The molecule has 0 bridgehead atoms. The van der Waals surface area contributed by atoms with Gasteiger partial charge in [0, 0.05) is 0 Å². The Labute approximate surface area is 127 Å². The van der Waals surface area contributed by atoms with Gasteiger partial charge in [0.1, 0.15) is 0 Å². The molecular weight excluding hydrogens is 262 g/mol. The van der Waals surface area contributed by atoms with Crippen LogP contribution >= 0.6 is 0 Å². The van der Waals surface area contributed by atoms with E-state index in [9.17, 15) is 9.90 Å². The molecule has 1 aromatic rings. The Morgan fingerprint density at radius 2 is 1.81 bits per heavy atom. The quantitative estimate of drug-likeness (QED) is 0.810. The summed E-state index contributed by atoms with van der Waals surface area (Å²) in [6.45, 7) is 2.24. The molecule has 21 heavy (non-hydrogen) atoms. The molecular formula is C18H27NO2. The fraction of sp³-hybridized carbons (Fsp3) is 0.611. The summed E-state index contributed by atoms with van der Waals surface area (Å²) in [5.74, 6) is 0.0206. The van der Waals surface area contributed by atoms with Crippen LogP contribution in [0.15, 0.2) is 24.3 Å². The number of unbranched alkanes of at least 4 members (excludes halogenated alkanes) is 1. The molecule has 0 spiro atoms.